The van der Waals surface area contributed by atoms with Gasteiger partial charge >= 0.3 is 0 Å². The molecule has 3 rings (SSSR count). The number of rotatable bonds is 6. The Labute approximate surface area is 145 Å². The highest BCUT2D eigenvalue weighted by atomic mass is 16.5. The minimum Gasteiger partial charge on any atom is -0.438 e. The van der Waals surface area contributed by atoms with E-state index in [9.17, 15) is 4.79 Å². The number of carbonyl (C=O) groups is 1. The number of anilines is 1. The van der Waals surface area contributed by atoms with Crippen LogP contribution >= 0.6 is 0 Å². The van der Waals surface area contributed by atoms with Gasteiger partial charge in [-0.3, -0.25) is 9.36 Å². The van der Waals surface area contributed by atoms with Gasteiger partial charge in [0.2, 0.25) is 11.8 Å². The molecule has 128 valence electrons. The van der Waals surface area contributed by atoms with E-state index in [1.165, 1.54) is 0 Å². The Hall–Kier alpha value is -3.22. The van der Waals surface area contributed by atoms with Crippen LogP contribution < -0.4 is 10.1 Å². The third kappa shape index (κ3) is 4.20. The van der Waals surface area contributed by atoms with Gasteiger partial charge in [0.25, 0.3) is 0 Å². The number of benzene rings is 1. The van der Waals surface area contributed by atoms with E-state index in [1.54, 1.807) is 36.5 Å². The first-order valence-corrected chi connectivity index (χ1v) is 8.07. The van der Waals surface area contributed by atoms with Crippen LogP contribution in [0.1, 0.15) is 25.6 Å². The van der Waals surface area contributed by atoms with E-state index >= 15 is 0 Å². The summed E-state index contributed by atoms with van der Waals surface area (Å²) in [5.41, 5.74) is 0.739. The molecular weight excluding hydrogens is 318 g/mol. The van der Waals surface area contributed by atoms with Gasteiger partial charge in [0.05, 0.1) is 0 Å². The standard InChI is InChI=1S/C18H19N5O2/c1-3-4-17(24)20-14-5-7-15(8-6-14)25-18-10-9-16(21-22-18)23-12-11-19-13(23)2/h5-12H,3-4H2,1-2H3,(H,20,24). The van der Waals surface area contributed by atoms with Gasteiger partial charge in [-0.15, -0.1) is 10.2 Å². The maximum atomic E-state index is 11.6. The van der Waals surface area contributed by atoms with Crippen molar-refractivity contribution in [1.29, 1.82) is 0 Å². The number of amides is 1. The zero-order valence-corrected chi connectivity index (χ0v) is 14.1. The third-order valence-electron chi connectivity index (χ3n) is 3.54. The van der Waals surface area contributed by atoms with Crippen LogP contribution in [0.25, 0.3) is 5.82 Å². The van der Waals surface area contributed by atoms with Gasteiger partial charge in [-0.05, 0) is 43.7 Å². The van der Waals surface area contributed by atoms with Crippen LogP contribution in [0.2, 0.25) is 0 Å². The summed E-state index contributed by atoms with van der Waals surface area (Å²) in [7, 11) is 0. The summed E-state index contributed by atoms with van der Waals surface area (Å²) in [6, 6.07) is 10.7. The average molecular weight is 337 g/mol. The van der Waals surface area contributed by atoms with Crippen molar-refractivity contribution in [3.8, 4) is 17.4 Å². The molecule has 0 saturated heterocycles. The molecule has 7 nitrogen and oxygen atoms in total. The Morgan fingerprint density at radius 3 is 2.56 bits per heavy atom. The molecular formula is C18H19N5O2. The van der Waals surface area contributed by atoms with E-state index in [2.05, 4.69) is 20.5 Å². The number of hydrogen-bond acceptors (Lipinski definition) is 5. The first-order valence-electron chi connectivity index (χ1n) is 8.07. The second kappa shape index (κ2) is 7.57. The van der Waals surface area contributed by atoms with Gasteiger partial charge in [0, 0.05) is 30.6 Å². The van der Waals surface area contributed by atoms with Crippen LogP contribution in [0.4, 0.5) is 5.69 Å². The summed E-state index contributed by atoms with van der Waals surface area (Å²) >= 11 is 0. The highest BCUT2D eigenvalue weighted by Gasteiger charge is 2.05. The van der Waals surface area contributed by atoms with E-state index in [4.69, 9.17) is 4.74 Å². The maximum Gasteiger partial charge on any atom is 0.238 e. The second-order valence-electron chi connectivity index (χ2n) is 5.50. The van der Waals surface area contributed by atoms with E-state index in [1.807, 2.05) is 30.7 Å². The molecule has 1 N–H and O–H groups in total. The van der Waals surface area contributed by atoms with Crippen molar-refractivity contribution in [2.75, 3.05) is 5.32 Å². The molecule has 0 bridgehead atoms. The van der Waals surface area contributed by atoms with Crippen molar-refractivity contribution in [2.45, 2.75) is 26.7 Å². The van der Waals surface area contributed by atoms with Crippen LogP contribution in [0, 0.1) is 6.92 Å². The van der Waals surface area contributed by atoms with Crippen molar-refractivity contribution in [2.24, 2.45) is 0 Å². The normalized spacial score (nSPS) is 10.5. The molecule has 2 heterocycles. The van der Waals surface area contributed by atoms with E-state index < -0.39 is 0 Å². The quantitative estimate of drug-likeness (QED) is 0.744. The number of hydrogen-bond donors (Lipinski definition) is 1. The molecule has 1 aromatic carbocycles. The van der Waals surface area contributed by atoms with Gasteiger partial charge < -0.3 is 10.1 Å². The van der Waals surface area contributed by atoms with Gasteiger partial charge in [-0.2, -0.15) is 0 Å². The minimum atomic E-state index is 0.00687. The Morgan fingerprint density at radius 1 is 1.16 bits per heavy atom. The fraction of sp³-hybridized carbons (Fsp3) is 0.222. The van der Waals surface area contributed by atoms with E-state index in [-0.39, 0.29) is 5.91 Å². The Bertz CT molecular complexity index is 841. The first kappa shape index (κ1) is 16.6. The molecule has 0 unspecified atom stereocenters. The SMILES string of the molecule is CCCC(=O)Nc1ccc(Oc2ccc(-n3ccnc3C)nn2)cc1. The fourth-order valence-electron chi connectivity index (χ4n) is 2.29. The molecule has 3 aromatic rings. The van der Waals surface area contributed by atoms with Gasteiger partial charge in [0.15, 0.2) is 5.82 Å². The lowest BCUT2D eigenvalue weighted by Gasteiger charge is -2.08. The maximum absolute atomic E-state index is 11.6. The Morgan fingerprint density at radius 2 is 1.96 bits per heavy atom. The van der Waals surface area contributed by atoms with Crippen LogP contribution in [-0.4, -0.2) is 25.7 Å². The van der Waals surface area contributed by atoms with Gasteiger partial charge in [-0.25, -0.2) is 4.98 Å². The predicted octanol–water partition coefficient (Wildman–Crippen LogP) is 3.50. The van der Waals surface area contributed by atoms with Crippen LogP contribution in [0.5, 0.6) is 11.6 Å². The molecule has 0 aliphatic rings. The summed E-state index contributed by atoms with van der Waals surface area (Å²) in [5, 5.41) is 11.1. The van der Waals surface area contributed by atoms with Crippen LogP contribution in [-0.2, 0) is 4.79 Å². The van der Waals surface area contributed by atoms with Gasteiger partial charge in [0.1, 0.15) is 11.6 Å². The smallest absolute Gasteiger partial charge is 0.238 e. The largest absolute Gasteiger partial charge is 0.438 e. The summed E-state index contributed by atoms with van der Waals surface area (Å²) in [4.78, 5) is 15.7. The molecule has 2 aromatic heterocycles. The summed E-state index contributed by atoms with van der Waals surface area (Å²) in [6.45, 7) is 3.86. The fourth-order valence-corrected chi connectivity index (χ4v) is 2.29. The summed E-state index contributed by atoms with van der Waals surface area (Å²) in [5.74, 6) is 2.53. The minimum absolute atomic E-state index is 0.00687. The molecule has 7 heteroatoms. The molecule has 0 radical (unpaired) electrons. The van der Waals surface area contributed by atoms with E-state index in [0.29, 0.717) is 23.9 Å². The first-order chi connectivity index (χ1) is 12.2. The topological polar surface area (TPSA) is 81.9 Å². The number of aryl methyl sites for hydroxylation is 1. The zero-order valence-electron chi connectivity index (χ0n) is 14.1. The molecule has 1 amide bonds. The number of ether oxygens (including phenoxy) is 1. The Kier molecular flexibility index (Phi) is 5.03. The van der Waals surface area contributed by atoms with Crippen molar-refractivity contribution < 1.29 is 9.53 Å². The lowest BCUT2D eigenvalue weighted by molar-refractivity contribution is -0.116. The third-order valence-corrected chi connectivity index (χ3v) is 3.54. The lowest BCUT2D eigenvalue weighted by atomic mass is 10.2. The van der Waals surface area contributed by atoms with Crippen molar-refractivity contribution in [3.63, 3.8) is 0 Å². The zero-order chi connectivity index (χ0) is 17.6. The number of carbonyl (C=O) groups excluding carboxylic acids is 1. The monoisotopic (exact) mass is 337 g/mol. The van der Waals surface area contributed by atoms with Gasteiger partial charge in [-0.1, -0.05) is 6.92 Å². The second-order valence-corrected chi connectivity index (χ2v) is 5.50. The molecule has 0 saturated carbocycles. The molecule has 0 fully saturated rings. The number of nitrogens with zero attached hydrogens (tertiary/aromatic N) is 4. The average Bonchev–Trinajstić information content (AvgIpc) is 3.04. The lowest BCUT2D eigenvalue weighted by Crippen LogP contribution is -2.10. The molecule has 0 atom stereocenters. The summed E-state index contributed by atoms with van der Waals surface area (Å²) in [6.07, 6.45) is 4.87. The van der Waals surface area contributed by atoms with Crippen molar-refractivity contribution >= 4 is 11.6 Å². The molecule has 0 aliphatic carbocycles. The van der Waals surface area contributed by atoms with E-state index in [0.717, 1.165) is 17.9 Å². The highest BCUT2D eigenvalue weighted by Crippen LogP contribution is 2.21. The molecule has 25 heavy (non-hydrogen) atoms. The van der Waals surface area contributed by atoms with Crippen LogP contribution in [0.15, 0.2) is 48.8 Å². The van der Waals surface area contributed by atoms with Crippen molar-refractivity contribution in [3.05, 3.63) is 54.6 Å². The highest BCUT2D eigenvalue weighted by molar-refractivity contribution is 5.90. The number of imidazole rings is 1. The molecule has 0 spiro atoms. The molecule has 0 aliphatic heterocycles. The van der Waals surface area contributed by atoms with Crippen LogP contribution in [0.3, 0.4) is 0 Å². The Balaban J connectivity index is 1.64. The number of aromatic nitrogens is 4. The van der Waals surface area contributed by atoms with Crippen molar-refractivity contribution in [1.82, 2.24) is 19.7 Å². The summed E-state index contributed by atoms with van der Waals surface area (Å²) < 4.78 is 7.52. The predicted molar refractivity (Wildman–Crippen MR) is 93.9 cm³/mol. The number of nitrogens with one attached hydrogen (secondary N) is 1.